The molecule has 3 aromatic rings. The molecule has 20 heavy (non-hydrogen) atoms. The van der Waals surface area contributed by atoms with Crippen LogP contribution in [0.15, 0.2) is 39.4 Å². The monoisotopic (exact) mass is 286 g/mol. The molecule has 6 heteroatoms. The van der Waals surface area contributed by atoms with Gasteiger partial charge in [0.2, 0.25) is 11.8 Å². The zero-order chi connectivity index (χ0) is 14.1. The van der Waals surface area contributed by atoms with Crippen molar-refractivity contribution < 1.29 is 14.3 Å². The first-order chi connectivity index (χ1) is 9.65. The van der Waals surface area contributed by atoms with Crippen LogP contribution in [-0.4, -0.2) is 21.3 Å². The number of carbonyl (C=O) groups is 1. The Labute approximate surface area is 118 Å². The third-order valence-electron chi connectivity index (χ3n) is 2.87. The Bertz CT molecular complexity index is 776. The molecule has 0 saturated carbocycles. The van der Waals surface area contributed by atoms with Crippen molar-refractivity contribution in [1.29, 1.82) is 0 Å². The molecule has 5 nitrogen and oxygen atoms in total. The summed E-state index contributed by atoms with van der Waals surface area (Å²) in [6, 6.07) is 6.43. The number of carboxylic acids is 1. The van der Waals surface area contributed by atoms with Crippen molar-refractivity contribution in [2.45, 2.75) is 6.92 Å². The van der Waals surface area contributed by atoms with E-state index in [1.165, 1.54) is 12.1 Å². The van der Waals surface area contributed by atoms with Gasteiger partial charge in [-0.15, -0.1) is 10.2 Å². The molecule has 0 fully saturated rings. The number of rotatable bonds is 3. The molecule has 0 radical (unpaired) electrons. The number of aromatic nitrogens is 2. The Balaban J connectivity index is 2.00. The minimum atomic E-state index is -0.986. The van der Waals surface area contributed by atoms with Crippen molar-refractivity contribution in [3.05, 3.63) is 46.2 Å². The molecular formula is C14H10N2O3S. The summed E-state index contributed by atoms with van der Waals surface area (Å²) in [5.74, 6) is -0.228. The van der Waals surface area contributed by atoms with Crippen LogP contribution in [0.3, 0.4) is 0 Å². The van der Waals surface area contributed by atoms with E-state index in [0.717, 1.165) is 11.1 Å². The van der Waals surface area contributed by atoms with Gasteiger partial charge in [0.05, 0.1) is 11.1 Å². The van der Waals surface area contributed by atoms with Gasteiger partial charge < -0.3 is 9.52 Å². The Morgan fingerprint density at radius 3 is 2.75 bits per heavy atom. The summed E-state index contributed by atoms with van der Waals surface area (Å²) in [4.78, 5) is 11.0. The van der Waals surface area contributed by atoms with Crippen molar-refractivity contribution in [2.75, 3.05) is 0 Å². The number of aromatic carboxylic acids is 1. The Hall–Kier alpha value is -2.47. The molecule has 2 aromatic heterocycles. The van der Waals surface area contributed by atoms with Gasteiger partial charge in [0, 0.05) is 10.9 Å². The second kappa shape index (κ2) is 4.90. The number of nitrogens with zero attached hydrogens (tertiary/aromatic N) is 2. The lowest BCUT2D eigenvalue weighted by molar-refractivity contribution is 0.0697. The quantitative estimate of drug-likeness (QED) is 0.797. The van der Waals surface area contributed by atoms with Crippen LogP contribution in [0.1, 0.15) is 15.9 Å². The molecule has 0 aliphatic rings. The fourth-order valence-electron chi connectivity index (χ4n) is 1.81. The van der Waals surface area contributed by atoms with Gasteiger partial charge in [0.1, 0.15) is 0 Å². The summed E-state index contributed by atoms with van der Waals surface area (Å²) >= 11 is 1.57. The van der Waals surface area contributed by atoms with Crippen LogP contribution in [0.5, 0.6) is 0 Å². The molecule has 100 valence electrons. The van der Waals surface area contributed by atoms with Gasteiger partial charge >= 0.3 is 5.97 Å². The Morgan fingerprint density at radius 2 is 2.05 bits per heavy atom. The molecule has 0 amide bonds. The number of aryl methyl sites for hydroxylation is 1. The van der Waals surface area contributed by atoms with E-state index < -0.39 is 5.97 Å². The standard InChI is InChI=1S/C14H10N2O3S/c1-8-6-20-7-11(8)13-16-15-12(19-13)9-3-2-4-10(5-9)14(17)18/h2-7H,1H3,(H,17,18). The van der Waals surface area contributed by atoms with Crippen LogP contribution in [0.2, 0.25) is 0 Å². The number of benzene rings is 1. The van der Waals surface area contributed by atoms with Gasteiger partial charge in [-0.25, -0.2) is 4.79 Å². The van der Waals surface area contributed by atoms with Gasteiger partial charge in [-0.2, -0.15) is 11.3 Å². The molecule has 0 atom stereocenters. The highest BCUT2D eigenvalue weighted by Gasteiger charge is 2.14. The van der Waals surface area contributed by atoms with Gasteiger partial charge in [-0.1, -0.05) is 6.07 Å². The molecule has 0 saturated heterocycles. The number of hydrogen-bond acceptors (Lipinski definition) is 5. The topological polar surface area (TPSA) is 76.2 Å². The highest BCUT2D eigenvalue weighted by atomic mass is 32.1. The maximum atomic E-state index is 11.0. The average molecular weight is 286 g/mol. The molecule has 0 aliphatic heterocycles. The lowest BCUT2D eigenvalue weighted by atomic mass is 10.1. The predicted molar refractivity (Wildman–Crippen MR) is 74.7 cm³/mol. The summed E-state index contributed by atoms with van der Waals surface area (Å²) in [6.07, 6.45) is 0. The smallest absolute Gasteiger partial charge is 0.335 e. The normalized spacial score (nSPS) is 10.7. The summed E-state index contributed by atoms with van der Waals surface area (Å²) in [6.45, 7) is 1.97. The van der Waals surface area contributed by atoms with Crippen LogP contribution in [0.4, 0.5) is 0 Å². The van der Waals surface area contributed by atoms with E-state index in [9.17, 15) is 4.79 Å². The van der Waals surface area contributed by atoms with Crippen molar-refractivity contribution in [1.82, 2.24) is 10.2 Å². The minimum Gasteiger partial charge on any atom is -0.478 e. The van der Waals surface area contributed by atoms with Crippen LogP contribution < -0.4 is 0 Å². The van der Waals surface area contributed by atoms with Crippen LogP contribution in [0, 0.1) is 6.92 Å². The van der Waals surface area contributed by atoms with Gasteiger partial charge in [0.25, 0.3) is 0 Å². The zero-order valence-corrected chi connectivity index (χ0v) is 11.3. The van der Waals surface area contributed by atoms with Crippen LogP contribution in [0.25, 0.3) is 22.9 Å². The molecule has 0 spiro atoms. The first-order valence-electron chi connectivity index (χ1n) is 5.85. The van der Waals surface area contributed by atoms with Gasteiger partial charge in [0.15, 0.2) is 0 Å². The van der Waals surface area contributed by atoms with E-state index in [4.69, 9.17) is 9.52 Å². The molecular weight excluding hydrogens is 276 g/mol. The molecule has 3 rings (SSSR count). The van der Waals surface area contributed by atoms with E-state index in [0.29, 0.717) is 17.3 Å². The number of hydrogen-bond donors (Lipinski definition) is 1. The summed E-state index contributed by atoms with van der Waals surface area (Å²) < 4.78 is 5.62. The molecule has 0 unspecified atom stereocenters. The Kier molecular flexibility index (Phi) is 3.08. The summed E-state index contributed by atoms with van der Waals surface area (Å²) in [5.41, 5.74) is 2.76. The van der Waals surface area contributed by atoms with Crippen LogP contribution >= 0.6 is 11.3 Å². The predicted octanol–water partition coefficient (Wildman–Crippen LogP) is 3.47. The third-order valence-corrected chi connectivity index (χ3v) is 3.73. The van der Waals surface area contributed by atoms with E-state index in [2.05, 4.69) is 10.2 Å². The van der Waals surface area contributed by atoms with Gasteiger partial charge in [-0.3, -0.25) is 0 Å². The zero-order valence-electron chi connectivity index (χ0n) is 10.5. The van der Waals surface area contributed by atoms with E-state index in [-0.39, 0.29) is 5.56 Å². The van der Waals surface area contributed by atoms with Crippen molar-refractivity contribution in [3.8, 4) is 22.9 Å². The SMILES string of the molecule is Cc1cscc1-c1nnc(-c2cccc(C(=O)O)c2)o1. The van der Waals surface area contributed by atoms with Crippen molar-refractivity contribution in [3.63, 3.8) is 0 Å². The highest BCUT2D eigenvalue weighted by molar-refractivity contribution is 7.08. The minimum absolute atomic E-state index is 0.189. The van der Waals surface area contributed by atoms with E-state index in [1.807, 2.05) is 17.7 Å². The van der Waals surface area contributed by atoms with E-state index in [1.54, 1.807) is 23.5 Å². The van der Waals surface area contributed by atoms with E-state index >= 15 is 0 Å². The second-order valence-electron chi connectivity index (χ2n) is 4.27. The fraction of sp³-hybridized carbons (Fsp3) is 0.0714. The maximum Gasteiger partial charge on any atom is 0.335 e. The number of thiophene rings is 1. The van der Waals surface area contributed by atoms with Crippen LogP contribution in [-0.2, 0) is 0 Å². The van der Waals surface area contributed by atoms with Crippen molar-refractivity contribution >= 4 is 17.3 Å². The lowest BCUT2D eigenvalue weighted by Gasteiger charge is -1.97. The van der Waals surface area contributed by atoms with Gasteiger partial charge in [-0.05, 0) is 36.1 Å². The average Bonchev–Trinajstić information content (AvgIpc) is 3.07. The summed E-state index contributed by atoms with van der Waals surface area (Å²) in [7, 11) is 0. The first-order valence-corrected chi connectivity index (χ1v) is 6.80. The maximum absolute atomic E-state index is 11.0. The fourth-order valence-corrected chi connectivity index (χ4v) is 2.64. The molecule has 1 N–H and O–H groups in total. The summed E-state index contributed by atoms with van der Waals surface area (Å²) in [5, 5.41) is 20.9. The molecule has 0 bridgehead atoms. The number of carboxylic acid groups (broad SMARTS) is 1. The Morgan fingerprint density at radius 1 is 1.25 bits per heavy atom. The largest absolute Gasteiger partial charge is 0.478 e. The lowest BCUT2D eigenvalue weighted by Crippen LogP contribution is -1.95. The third kappa shape index (κ3) is 2.21. The van der Waals surface area contributed by atoms with Crippen molar-refractivity contribution in [2.24, 2.45) is 0 Å². The molecule has 0 aliphatic carbocycles. The second-order valence-corrected chi connectivity index (χ2v) is 5.01. The molecule has 2 heterocycles. The molecule has 1 aromatic carbocycles. The highest BCUT2D eigenvalue weighted by Crippen LogP contribution is 2.28. The first kappa shape index (κ1) is 12.6.